The molecule has 0 aliphatic carbocycles. The van der Waals surface area contributed by atoms with Gasteiger partial charge in [0.2, 0.25) is 0 Å². The lowest BCUT2D eigenvalue weighted by atomic mass is 10.1. The molecule has 3 nitrogen and oxygen atoms in total. The summed E-state index contributed by atoms with van der Waals surface area (Å²) in [6, 6.07) is 8.36. The van der Waals surface area contributed by atoms with Crippen molar-refractivity contribution < 1.29 is 4.79 Å². The SMILES string of the molecule is CC(=O)c1cn2c(cc(C)c3ccc(C)cc32)n1. The van der Waals surface area contributed by atoms with E-state index in [0.29, 0.717) is 5.69 Å². The van der Waals surface area contributed by atoms with Crippen LogP contribution < -0.4 is 0 Å². The van der Waals surface area contributed by atoms with Gasteiger partial charge in [-0.1, -0.05) is 12.1 Å². The second kappa shape index (κ2) is 3.67. The summed E-state index contributed by atoms with van der Waals surface area (Å²) >= 11 is 0. The molecule has 3 aromatic rings. The summed E-state index contributed by atoms with van der Waals surface area (Å²) < 4.78 is 1.99. The molecule has 0 aliphatic heterocycles. The van der Waals surface area contributed by atoms with Crippen LogP contribution in [0.2, 0.25) is 0 Å². The third kappa shape index (κ3) is 1.51. The topological polar surface area (TPSA) is 34.4 Å². The lowest BCUT2D eigenvalue weighted by Crippen LogP contribution is -1.90. The normalized spacial score (nSPS) is 11.3. The highest BCUT2D eigenvalue weighted by Crippen LogP contribution is 2.22. The highest BCUT2D eigenvalue weighted by Gasteiger charge is 2.10. The fourth-order valence-electron chi connectivity index (χ4n) is 2.30. The molecule has 18 heavy (non-hydrogen) atoms. The minimum atomic E-state index is -0.00263. The molecule has 1 aromatic carbocycles. The Bertz CT molecular complexity index is 784. The Kier molecular flexibility index (Phi) is 2.23. The number of hydrogen-bond acceptors (Lipinski definition) is 2. The Hall–Kier alpha value is -2.16. The van der Waals surface area contributed by atoms with Gasteiger partial charge in [0.25, 0.3) is 0 Å². The van der Waals surface area contributed by atoms with E-state index in [0.717, 1.165) is 11.2 Å². The number of aromatic nitrogens is 2. The third-order valence-electron chi connectivity index (χ3n) is 3.28. The van der Waals surface area contributed by atoms with Crippen molar-refractivity contribution in [2.75, 3.05) is 0 Å². The molecule has 0 fully saturated rings. The van der Waals surface area contributed by atoms with Crippen molar-refractivity contribution >= 4 is 22.3 Å². The van der Waals surface area contributed by atoms with Crippen LogP contribution in [0, 0.1) is 13.8 Å². The molecule has 2 heterocycles. The molecule has 0 saturated carbocycles. The number of hydrogen-bond donors (Lipinski definition) is 0. The number of nitrogens with zero attached hydrogens (tertiary/aromatic N) is 2. The van der Waals surface area contributed by atoms with Crippen molar-refractivity contribution in [1.82, 2.24) is 9.38 Å². The van der Waals surface area contributed by atoms with Crippen LogP contribution >= 0.6 is 0 Å². The van der Waals surface area contributed by atoms with Crippen LogP contribution in [0.1, 0.15) is 28.5 Å². The molecule has 0 bridgehead atoms. The fourth-order valence-corrected chi connectivity index (χ4v) is 2.30. The van der Waals surface area contributed by atoms with E-state index in [2.05, 4.69) is 37.0 Å². The molecule has 0 amide bonds. The van der Waals surface area contributed by atoms with E-state index in [4.69, 9.17) is 0 Å². The van der Waals surface area contributed by atoms with Crippen molar-refractivity contribution in [2.45, 2.75) is 20.8 Å². The summed E-state index contributed by atoms with van der Waals surface area (Å²) in [5.74, 6) is -0.00263. The minimum Gasteiger partial charge on any atom is -0.299 e. The third-order valence-corrected chi connectivity index (χ3v) is 3.28. The lowest BCUT2D eigenvalue weighted by Gasteiger charge is -2.06. The average Bonchev–Trinajstić information content (AvgIpc) is 2.73. The molecule has 0 spiro atoms. The predicted molar refractivity (Wildman–Crippen MR) is 72.2 cm³/mol. The molecule has 0 unspecified atom stereocenters. The number of carbonyl (C=O) groups is 1. The Labute approximate surface area is 105 Å². The molecule has 2 aromatic heterocycles. The maximum Gasteiger partial charge on any atom is 0.179 e. The summed E-state index contributed by atoms with van der Waals surface area (Å²) in [5.41, 5.74) is 4.83. The van der Waals surface area contributed by atoms with Gasteiger partial charge >= 0.3 is 0 Å². The molecule has 3 rings (SSSR count). The first-order valence-corrected chi connectivity index (χ1v) is 5.96. The Morgan fingerprint density at radius 2 is 2.00 bits per heavy atom. The van der Waals surface area contributed by atoms with Crippen LogP contribution in [-0.2, 0) is 0 Å². The number of carbonyl (C=O) groups excluding carboxylic acids is 1. The van der Waals surface area contributed by atoms with Crippen molar-refractivity contribution in [1.29, 1.82) is 0 Å². The first-order chi connectivity index (χ1) is 8.56. The highest BCUT2D eigenvalue weighted by atomic mass is 16.1. The number of ketones is 1. The van der Waals surface area contributed by atoms with Crippen LogP contribution in [0.4, 0.5) is 0 Å². The van der Waals surface area contributed by atoms with E-state index in [-0.39, 0.29) is 5.78 Å². The quantitative estimate of drug-likeness (QED) is 0.609. The number of aryl methyl sites for hydroxylation is 2. The predicted octanol–water partition coefficient (Wildman–Crippen LogP) is 3.31. The molecule has 3 heteroatoms. The number of imidazole rings is 1. The second-order valence-electron chi connectivity index (χ2n) is 4.76. The number of rotatable bonds is 1. The van der Waals surface area contributed by atoms with Gasteiger partial charge in [0.05, 0.1) is 5.52 Å². The average molecular weight is 238 g/mol. The molecule has 0 aliphatic rings. The molecule has 0 N–H and O–H groups in total. The number of benzene rings is 1. The maximum atomic E-state index is 11.4. The monoisotopic (exact) mass is 238 g/mol. The van der Waals surface area contributed by atoms with Crippen molar-refractivity contribution in [3.63, 3.8) is 0 Å². The summed E-state index contributed by atoms with van der Waals surface area (Å²) in [4.78, 5) is 15.8. The molecular formula is C15H14N2O. The lowest BCUT2D eigenvalue weighted by molar-refractivity contribution is 0.101. The van der Waals surface area contributed by atoms with Gasteiger partial charge in [-0.3, -0.25) is 9.20 Å². The van der Waals surface area contributed by atoms with Gasteiger partial charge in [-0.05, 0) is 37.1 Å². The van der Waals surface area contributed by atoms with E-state index in [1.165, 1.54) is 16.5 Å². The van der Waals surface area contributed by atoms with Gasteiger partial charge in [0.15, 0.2) is 5.78 Å². The van der Waals surface area contributed by atoms with Gasteiger partial charge in [-0.25, -0.2) is 4.98 Å². The number of Topliss-reactive ketones (excluding diaryl/α,β-unsaturated/α-hetero) is 1. The van der Waals surface area contributed by atoms with Crippen molar-refractivity contribution in [3.8, 4) is 0 Å². The molecular weight excluding hydrogens is 224 g/mol. The van der Waals surface area contributed by atoms with Crippen LogP contribution in [0.5, 0.6) is 0 Å². The minimum absolute atomic E-state index is 0.00263. The van der Waals surface area contributed by atoms with Gasteiger partial charge in [0.1, 0.15) is 11.3 Å². The van der Waals surface area contributed by atoms with Gasteiger partial charge < -0.3 is 0 Å². The molecule has 0 atom stereocenters. The number of pyridine rings is 1. The van der Waals surface area contributed by atoms with E-state index >= 15 is 0 Å². The summed E-state index contributed by atoms with van der Waals surface area (Å²) in [7, 11) is 0. The van der Waals surface area contributed by atoms with E-state index in [1.807, 2.05) is 16.7 Å². The van der Waals surface area contributed by atoms with Crippen molar-refractivity contribution in [2.24, 2.45) is 0 Å². The largest absolute Gasteiger partial charge is 0.299 e. The fraction of sp³-hybridized carbons (Fsp3) is 0.200. The van der Waals surface area contributed by atoms with E-state index in [1.54, 1.807) is 6.92 Å². The summed E-state index contributed by atoms with van der Waals surface area (Å²) in [6.07, 6.45) is 1.82. The van der Waals surface area contributed by atoms with Gasteiger partial charge in [-0.15, -0.1) is 0 Å². The van der Waals surface area contributed by atoms with Crippen LogP contribution in [0.15, 0.2) is 30.5 Å². The van der Waals surface area contributed by atoms with Crippen LogP contribution in [-0.4, -0.2) is 15.2 Å². The zero-order valence-electron chi connectivity index (χ0n) is 10.7. The van der Waals surface area contributed by atoms with Crippen LogP contribution in [0.3, 0.4) is 0 Å². The Balaban J connectivity index is 2.50. The Morgan fingerprint density at radius 3 is 2.72 bits per heavy atom. The zero-order valence-corrected chi connectivity index (χ0v) is 10.7. The first kappa shape index (κ1) is 11.0. The summed E-state index contributed by atoms with van der Waals surface area (Å²) in [5, 5.41) is 1.20. The van der Waals surface area contributed by atoms with Gasteiger partial charge in [-0.2, -0.15) is 0 Å². The highest BCUT2D eigenvalue weighted by molar-refractivity contribution is 5.94. The zero-order chi connectivity index (χ0) is 12.9. The molecule has 0 saturated heterocycles. The smallest absolute Gasteiger partial charge is 0.179 e. The molecule has 0 radical (unpaired) electrons. The molecule has 90 valence electrons. The van der Waals surface area contributed by atoms with Crippen LogP contribution in [0.25, 0.3) is 16.6 Å². The number of fused-ring (bicyclic) bond motifs is 3. The van der Waals surface area contributed by atoms with Gasteiger partial charge in [0, 0.05) is 18.5 Å². The second-order valence-corrected chi connectivity index (χ2v) is 4.76. The Morgan fingerprint density at radius 1 is 1.22 bits per heavy atom. The standard InChI is InChI=1S/C15H14N2O/c1-9-4-5-12-10(2)7-15-16-13(11(3)18)8-17(15)14(12)6-9/h4-8H,1-3H3. The first-order valence-electron chi connectivity index (χ1n) is 5.96. The summed E-state index contributed by atoms with van der Waals surface area (Å²) in [6.45, 7) is 5.68. The van der Waals surface area contributed by atoms with E-state index < -0.39 is 0 Å². The van der Waals surface area contributed by atoms with Crippen molar-refractivity contribution in [3.05, 3.63) is 47.3 Å². The maximum absolute atomic E-state index is 11.4. The van der Waals surface area contributed by atoms with E-state index in [9.17, 15) is 4.79 Å².